The molecule has 0 bridgehead atoms. The number of aliphatic hydroxyl groups excluding tert-OH is 1. The first-order valence-corrected chi connectivity index (χ1v) is 5.42. The fraction of sp³-hybridized carbons (Fsp3) is 0.462. The Hall–Kier alpha value is -1.15. The topological polar surface area (TPSA) is 37.3 Å². The average molecular weight is 206 g/mol. The maximum absolute atomic E-state index is 10.2. The van der Waals surface area contributed by atoms with E-state index in [2.05, 4.69) is 24.3 Å². The van der Waals surface area contributed by atoms with Gasteiger partial charge in [-0.15, -0.1) is 0 Å². The van der Waals surface area contributed by atoms with Gasteiger partial charge in [0, 0.05) is 6.42 Å². The molecule has 2 nitrogen and oxygen atoms in total. The third-order valence-corrected chi connectivity index (χ3v) is 2.42. The van der Waals surface area contributed by atoms with E-state index in [0.717, 1.165) is 25.5 Å². The molecule has 0 aromatic heterocycles. The molecule has 1 N–H and O–H groups in total. The minimum Gasteiger partial charge on any atom is -0.393 e. The van der Waals surface area contributed by atoms with E-state index in [9.17, 15) is 4.79 Å². The highest BCUT2D eigenvalue weighted by molar-refractivity contribution is 5.50. The summed E-state index contributed by atoms with van der Waals surface area (Å²) in [6.07, 6.45) is 3.83. The van der Waals surface area contributed by atoms with Crippen LogP contribution in [0, 0.1) is 0 Å². The molecule has 0 aliphatic rings. The summed E-state index contributed by atoms with van der Waals surface area (Å²) in [7, 11) is 0. The van der Waals surface area contributed by atoms with Crippen molar-refractivity contribution in [1.82, 2.24) is 0 Å². The maximum Gasteiger partial charge on any atom is 0.120 e. The zero-order valence-corrected chi connectivity index (χ0v) is 9.15. The second-order valence-corrected chi connectivity index (χ2v) is 3.91. The normalized spacial score (nSPS) is 12.4. The fourth-order valence-corrected chi connectivity index (χ4v) is 1.47. The Morgan fingerprint density at radius 3 is 2.20 bits per heavy atom. The van der Waals surface area contributed by atoms with Crippen LogP contribution in [0.1, 0.15) is 30.9 Å². The van der Waals surface area contributed by atoms with E-state index in [1.807, 2.05) is 0 Å². The van der Waals surface area contributed by atoms with Crippen molar-refractivity contribution in [2.24, 2.45) is 0 Å². The Morgan fingerprint density at radius 1 is 1.20 bits per heavy atom. The van der Waals surface area contributed by atoms with Gasteiger partial charge in [-0.25, -0.2) is 0 Å². The van der Waals surface area contributed by atoms with E-state index in [0.29, 0.717) is 6.42 Å². The minimum absolute atomic E-state index is 0.236. The first kappa shape index (κ1) is 11.9. The van der Waals surface area contributed by atoms with Crippen molar-refractivity contribution in [1.29, 1.82) is 0 Å². The molecule has 0 aliphatic carbocycles. The summed E-state index contributed by atoms with van der Waals surface area (Å²) in [6, 6.07) is 8.26. The molecular formula is C13H18O2. The van der Waals surface area contributed by atoms with Crippen LogP contribution in [0.25, 0.3) is 0 Å². The van der Waals surface area contributed by atoms with Crippen molar-refractivity contribution in [3.63, 3.8) is 0 Å². The van der Waals surface area contributed by atoms with Crippen LogP contribution in [-0.4, -0.2) is 17.5 Å². The van der Waals surface area contributed by atoms with Gasteiger partial charge in [0.2, 0.25) is 0 Å². The van der Waals surface area contributed by atoms with Crippen molar-refractivity contribution < 1.29 is 9.90 Å². The first-order chi connectivity index (χ1) is 7.22. The molecule has 0 radical (unpaired) electrons. The van der Waals surface area contributed by atoms with E-state index in [1.54, 1.807) is 6.92 Å². The summed E-state index contributed by atoms with van der Waals surface area (Å²) in [6.45, 7) is 1.80. The Labute approximate surface area is 90.9 Å². The maximum atomic E-state index is 10.2. The number of rotatable bonds is 6. The summed E-state index contributed by atoms with van der Waals surface area (Å²) in [5, 5.41) is 9.15. The zero-order chi connectivity index (χ0) is 11.1. The highest BCUT2D eigenvalue weighted by Crippen LogP contribution is 2.09. The summed E-state index contributed by atoms with van der Waals surface area (Å²) >= 11 is 0. The van der Waals surface area contributed by atoms with Crippen LogP contribution < -0.4 is 0 Å². The smallest absolute Gasteiger partial charge is 0.120 e. The predicted molar refractivity (Wildman–Crippen MR) is 60.8 cm³/mol. The lowest BCUT2D eigenvalue weighted by Gasteiger charge is -2.05. The monoisotopic (exact) mass is 206 g/mol. The van der Waals surface area contributed by atoms with Gasteiger partial charge in [0.15, 0.2) is 0 Å². The molecule has 0 aliphatic heterocycles. The van der Waals surface area contributed by atoms with Gasteiger partial charge in [0.1, 0.15) is 6.29 Å². The molecule has 1 atom stereocenters. The summed E-state index contributed by atoms with van der Waals surface area (Å²) in [4.78, 5) is 10.2. The molecule has 15 heavy (non-hydrogen) atoms. The van der Waals surface area contributed by atoms with Gasteiger partial charge < -0.3 is 9.90 Å². The van der Waals surface area contributed by atoms with Crippen LogP contribution in [0.5, 0.6) is 0 Å². The first-order valence-electron chi connectivity index (χ1n) is 5.42. The largest absolute Gasteiger partial charge is 0.393 e. The number of carbonyl (C=O) groups is 1. The molecule has 1 unspecified atom stereocenters. The lowest BCUT2D eigenvalue weighted by Crippen LogP contribution is -2.01. The molecule has 0 heterocycles. The second kappa shape index (κ2) is 6.36. The Morgan fingerprint density at radius 2 is 1.73 bits per heavy atom. The number of aliphatic hydroxyl groups is 1. The van der Waals surface area contributed by atoms with Crippen LogP contribution in [0.2, 0.25) is 0 Å². The van der Waals surface area contributed by atoms with E-state index < -0.39 is 0 Å². The van der Waals surface area contributed by atoms with Gasteiger partial charge in [-0.3, -0.25) is 0 Å². The standard InChI is InChI=1S/C13H18O2/c1-11(15)4-5-13-8-6-12(7-9-13)3-2-10-14/h6-11,15H,2-5H2,1H3. The molecule has 1 aromatic rings. The number of benzene rings is 1. The number of carbonyl (C=O) groups excluding carboxylic acids is 1. The molecule has 2 heteroatoms. The van der Waals surface area contributed by atoms with Crippen molar-refractivity contribution >= 4 is 6.29 Å². The number of hydrogen-bond acceptors (Lipinski definition) is 2. The molecule has 0 spiro atoms. The summed E-state index contributed by atoms with van der Waals surface area (Å²) in [5.41, 5.74) is 2.44. The summed E-state index contributed by atoms with van der Waals surface area (Å²) < 4.78 is 0. The third kappa shape index (κ3) is 4.75. The van der Waals surface area contributed by atoms with E-state index in [1.165, 1.54) is 11.1 Å². The van der Waals surface area contributed by atoms with Gasteiger partial charge in [0.05, 0.1) is 6.10 Å². The SMILES string of the molecule is CC(O)CCc1ccc(CCC=O)cc1. The molecule has 0 fully saturated rings. The van der Waals surface area contributed by atoms with Crippen LogP contribution in [0.15, 0.2) is 24.3 Å². The molecule has 1 rings (SSSR count). The van der Waals surface area contributed by atoms with Crippen molar-refractivity contribution in [3.8, 4) is 0 Å². The Kier molecular flexibility index (Phi) is 5.05. The van der Waals surface area contributed by atoms with Gasteiger partial charge in [-0.1, -0.05) is 24.3 Å². The van der Waals surface area contributed by atoms with Gasteiger partial charge in [0.25, 0.3) is 0 Å². The van der Waals surface area contributed by atoms with E-state index in [4.69, 9.17) is 5.11 Å². The number of hydrogen-bond donors (Lipinski definition) is 1. The minimum atomic E-state index is -0.236. The molecular weight excluding hydrogens is 188 g/mol. The van der Waals surface area contributed by atoms with Crippen molar-refractivity contribution in [3.05, 3.63) is 35.4 Å². The van der Waals surface area contributed by atoms with E-state index >= 15 is 0 Å². The quantitative estimate of drug-likeness (QED) is 0.724. The molecule has 0 saturated carbocycles. The van der Waals surface area contributed by atoms with Crippen molar-refractivity contribution in [2.75, 3.05) is 0 Å². The predicted octanol–water partition coefficient (Wildman–Crippen LogP) is 2.13. The van der Waals surface area contributed by atoms with Crippen LogP contribution in [0.3, 0.4) is 0 Å². The van der Waals surface area contributed by atoms with Crippen LogP contribution in [0.4, 0.5) is 0 Å². The van der Waals surface area contributed by atoms with Crippen molar-refractivity contribution in [2.45, 2.75) is 38.7 Å². The lowest BCUT2D eigenvalue weighted by molar-refractivity contribution is -0.107. The van der Waals surface area contributed by atoms with Crippen LogP contribution >= 0.6 is 0 Å². The van der Waals surface area contributed by atoms with Gasteiger partial charge in [-0.2, -0.15) is 0 Å². The molecule has 0 saturated heterocycles. The van der Waals surface area contributed by atoms with Crippen LogP contribution in [-0.2, 0) is 17.6 Å². The molecule has 0 amide bonds. The Balaban J connectivity index is 2.45. The number of aryl methyl sites for hydroxylation is 2. The van der Waals surface area contributed by atoms with Gasteiger partial charge >= 0.3 is 0 Å². The number of aldehydes is 1. The highest BCUT2D eigenvalue weighted by atomic mass is 16.3. The zero-order valence-electron chi connectivity index (χ0n) is 9.15. The fourth-order valence-electron chi connectivity index (χ4n) is 1.47. The summed E-state index contributed by atoms with van der Waals surface area (Å²) in [5.74, 6) is 0. The average Bonchev–Trinajstić information content (AvgIpc) is 2.25. The van der Waals surface area contributed by atoms with E-state index in [-0.39, 0.29) is 6.10 Å². The second-order valence-electron chi connectivity index (χ2n) is 3.91. The van der Waals surface area contributed by atoms with Gasteiger partial charge in [-0.05, 0) is 37.3 Å². The molecule has 82 valence electrons. The molecule has 1 aromatic carbocycles. The lowest BCUT2D eigenvalue weighted by atomic mass is 10.0. The Bertz CT molecular complexity index is 288. The third-order valence-electron chi connectivity index (χ3n) is 2.42. The highest BCUT2D eigenvalue weighted by Gasteiger charge is 1.98.